The van der Waals surface area contributed by atoms with Crippen molar-refractivity contribution >= 4 is 6.03 Å². The smallest absolute Gasteiger partial charge is 0.318 e. The fourth-order valence-electron chi connectivity index (χ4n) is 2.28. The minimum Gasteiger partial charge on any atom is -0.335 e. The molecule has 2 aromatic rings. The monoisotopic (exact) mass is 309 g/mol. The SMILES string of the molecule is C=CCNC(=O)N(Cc1ccc(CC)cc1)Cc1cccnc1. The lowest BCUT2D eigenvalue weighted by Crippen LogP contribution is -2.39. The van der Waals surface area contributed by atoms with Crippen molar-refractivity contribution in [3.63, 3.8) is 0 Å². The van der Waals surface area contributed by atoms with E-state index in [4.69, 9.17) is 0 Å². The van der Waals surface area contributed by atoms with Crippen LogP contribution in [0.3, 0.4) is 0 Å². The van der Waals surface area contributed by atoms with Gasteiger partial charge in [-0.15, -0.1) is 6.58 Å². The second-order valence-corrected chi connectivity index (χ2v) is 5.36. The summed E-state index contributed by atoms with van der Waals surface area (Å²) in [5, 5.41) is 2.84. The van der Waals surface area contributed by atoms with Crippen LogP contribution in [0.1, 0.15) is 23.6 Å². The van der Waals surface area contributed by atoms with E-state index in [-0.39, 0.29) is 6.03 Å². The van der Waals surface area contributed by atoms with Crippen molar-refractivity contribution in [3.8, 4) is 0 Å². The molecule has 0 bridgehead atoms. The summed E-state index contributed by atoms with van der Waals surface area (Å²) in [6, 6.07) is 12.1. The van der Waals surface area contributed by atoms with Crippen LogP contribution in [0.2, 0.25) is 0 Å². The number of nitrogens with zero attached hydrogens (tertiary/aromatic N) is 2. The molecule has 1 aromatic carbocycles. The van der Waals surface area contributed by atoms with E-state index in [1.165, 1.54) is 5.56 Å². The molecule has 120 valence electrons. The number of rotatable bonds is 7. The number of nitrogens with one attached hydrogen (secondary N) is 1. The topological polar surface area (TPSA) is 45.2 Å². The lowest BCUT2D eigenvalue weighted by molar-refractivity contribution is 0.193. The number of benzene rings is 1. The third-order valence-electron chi connectivity index (χ3n) is 3.59. The molecule has 0 fully saturated rings. The summed E-state index contributed by atoms with van der Waals surface area (Å²) in [6.45, 7) is 7.30. The summed E-state index contributed by atoms with van der Waals surface area (Å²) >= 11 is 0. The quantitative estimate of drug-likeness (QED) is 0.795. The van der Waals surface area contributed by atoms with E-state index >= 15 is 0 Å². The van der Waals surface area contributed by atoms with Crippen molar-refractivity contribution in [2.75, 3.05) is 6.54 Å². The molecule has 4 heteroatoms. The zero-order valence-corrected chi connectivity index (χ0v) is 13.5. The molecule has 4 nitrogen and oxygen atoms in total. The predicted molar refractivity (Wildman–Crippen MR) is 92.9 cm³/mol. The van der Waals surface area contributed by atoms with Crippen LogP contribution in [0.5, 0.6) is 0 Å². The van der Waals surface area contributed by atoms with E-state index < -0.39 is 0 Å². The van der Waals surface area contributed by atoms with Gasteiger partial charge in [0.2, 0.25) is 0 Å². The van der Waals surface area contributed by atoms with Gasteiger partial charge in [0.15, 0.2) is 0 Å². The number of aromatic nitrogens is 1. The molecule has 0 aliphatic carbocycles. The molecule has 0 atom stereocenters. The van der Waals surface area contributed by atoms with Crippen molar-refractivity contribution in [1.29, 1.82) is 0 Å². The maximum absolute atomic E-state index is 12.4. The second-order valence-electron chi connectivity index (χ2n) is 5.36. The Labute approximate surface area is 137 Å². The Morgan fingerprint density at radius 3 is 2.48 bits per heavy atom. The summed E-state index contributed by atoms with van der Waals surface area (Å²) in [6.07, 6.45) is 6.21. The molecule has 23 heavy (non-hydrogen) atoms. The first-order chi connectivity index (χ1) is 11.2. The van der Waals surface area contributed by atoms with Gasteiger partial charge in [0.25, 0.3) is 0 Å². The van der Waals surface area contributed by atoms with Gasteiger partial charge in [0.1, 0.15) is 0 Å². The summed E-state index contributed by atoms with van der Waals surface area (Å²) in [5.74, 6) is 0. The van der Waals surface area contributed by atoms with E-state index in [9.17, 15) is 4.79 Å². The average Bonchev–Trinajstić information content (AvgIpc) is 2.60. The van der Waals surface area contributed by atoms with E-state index in [1.807, 2.05) is 12.1 Å². The van der Waals surface area contributed by atoms with E-state index in [0.717, 1.165) is 17.5 Å². The van der Waals surface area contributed by atoms with Crippen LogP contribution < -0.4 is 5.32 Å². The predicted octanol–water partition coefficient (Wildman–Crippen LogP) is 3.54. The highest BCUT2D eigenvalue weighted by atomic mass is 16.2. The Bertz CT molecular complexity index is 623. The highest BCUT2D eigenvalue weighted by Gasteiger charge is 2.14. The molecule has 0 spiro atoms. The molecule has 0 radical (unpaired) electrons. The van der Waals surface area contributed by atoms with E-state index in [1.54, 1.807) is 23.4 Å². The summed E-state index contributed by atoms with van der Waals surface area (Å²) in [5.41, 5.74) is 3.41. The van der Waals surface area contributed by atoms with Gasteiger partial charge < -0.3 is 10.2 Å². The highest BCUT2D eigenvalue weighted by molar-refractivity contribution is 5.74. The zero-order chi connectivity index (χ0) is 16.5. The molecular weight excluding hydrogens is 286 g/mol. The van der Waals surface area contributed by atoms with Crippen LogP contribution >= 0.6 is 0 Å². The van der Waals surface area contributed by atoms with Crippen molar-refractivity contribution in [2.24, 2.45) is 0 Å². The maximum atomic E-state index is 12.4. The van der Waals surface area contributed by atoms with Crippen molar-refractivity contribution in [2.45, 2.75) is 26.4 Å². The number of pyridine rings is 1. The van der Waals surface area contributed by atoms with Crippen LogP contribution in [0, 0.1) is 0 Å². The van der Waals surface area contributed by atoms with Crippen molar-refractivity contribution < 1.29 is 4.79 Å². The van der Waals surface area contributed by atoms with Gasteiger partial charge in [-0.05, 0) is 29.2 Å². The van der Waals surface area contributed by atoms with Gasteiger partial charge in [-0.25, -0.2) is 4.79 Å². The van der Waals surface area contributed by atoms with Gasteiger partial charge in [0.05, 0.1) is 0 Å². The Hall–Kier alpha value is -2.62. The zero-order valence-electron chi connectivity index (χ0n) is 13.5. The summed E-state index contributed by atoms with van der Waals surface area (Å²) in [4.78, 5) is 18.3. The molecule has 1 heterocycles. The number of amides is 2. The maximum Gasteiger partial charge on any atom is 0.318 e. The van der Waals surface area contributed by atoms with Crippen LogP contribution in [0.4, 0.5) is 4.79 Å². The van der Waals surface area contributed by atoms with Gasteiger partial charge in [-0.3, -0.25) is 4.98 Å². The Morgan fingerprint density at radius 1 is 1.17 bits per heavy atom. The molecule has 0 aliphatic rings. The van der Waals surface area contributed by atoms with Crippen molar-refractivity contribution in [3.05, 3.63) is 78.1 Å². The lowest BCUT2D eigenvalue weighted by atomic mass is 10.1. The first-order valence-corrected chi connectivity index (χ1v) is 7.83. The molecule has 2 amide bonds. The Balaban J connectivity index is 2.11. The number of urea groups is 1. The fraction of sp³-hybridized carbons (Fsp3) is 0.263. The first kappa shape index (κ1) is 16.7. The minimum absolute atomic E-state index is 0.103. The van der Waals surface area contributed by atoms with Gasteiger partial charge in [0, 0.05) is 32.0 Å². The molecular formula is C19H23N3O. The summed E-state index contributed by atoms with van der Waals surface area (Å²) < 4.78 is 0. The number of carbonyl (C=O) groups excluding carboxylic acids is 1. The summed E-state index contributed by atoms with van der Waals surface area (Å²) in [7, 11) is 0. The van der Waals surface area contributed by atoms with Gasteiger partial charge in [-0.2, -0.15) is 0 Å². The van der Waals surface area contributed by atoms with E-state index in [2.05, 4.69) is 48.1 Å². The highest BCUT2D eigenvalue weighted by Crippen LogP contribution is 2.11. The molecule has 0 saturated carbocycles. The Morgan fingerprint density at radius 2 is 1.87 bits per heavy atom. The van der Waals surface area contributed by atoms with Crippen LogP contribution in [-0.2, 0) is 19.5 Å². The molecule has 0 aliphatic heterocycles. The van der Waals surface area contributed by atoms with Gasteiger partial charge >= 0.3 is 6.03 Å². The molecule has 1 N–H and O–H groups in total. The fourth-order valence-corrected chi connectivity index (χ4v) is 2.28. The molecule has 2 rings (SSSR count). The van der Waals surface area contributed by atoms with Crippen molar-refractivity contribution in [1.82, 2.24) is 15.2 Å². The largest absolute Gasteiger partial charge is 0.335 e. The number of hydrogen-bond acceptors (Lipinski definition) is 2. The van der Waals surface area contributed by atoms with Crippen LogP contribution in [-0.4, -0.2) is 22.5 Å². The average molecular weight is 309 g/mol. The second kappa shape index (κ2) is 8.73. The Kier molecular flexibility index (Phi) is 6.36. The normalized spacial score (nSPS) is 10.1. The molecule has 0 saturated heterocycles. The van der Waals surface area contributed by atoms with E-state index in [0.29, 0.717) is 19.6 Å². The van der Waals surface area contributed by atoms with Gasteiger partial charge in [-0.1, -0.05) is 43.3 Å². The van der Waals surface area contributed by atoms with Crippen LogP contribution in [0.25, 0.3) is 0 Å². The number of hydrogen-bond donors (Lipinski definition) is 1. The standard InChI is InChI=1S/C19H23N3O/c1-3-11-21-19(23)22(15-18-6-5-12-20-13-18)14-17-9-7-16(4-2)8-10-17/h3,5-10,12-13H,1,4,11,14-15H2,2H3,(H,21,23). The third-order valence-corrected chi connectivity index (χ3v) is 3.59. The van der Waals surface area contributed by atoms with Crippen LogP contribution in [0.15, 0.2) is 61.4 Å². The molecule has 0 unspecified atom stereocenters. The number of carbonyl (C=O) groups is 1. The molecule has 1 aromatic heterocycles. The lowest BCUT2D eigenvalue weighted by Gasteiger charge is -2.23. The minimum atomic E-state index is -0.103. The first-order valence-electron chi connectivity index (χ1n) is 7.83. The third kappa shape index (κ3) is 5.25. The number of aryl methyl sites for hydroxylation is 1.